The van der Waals surface area contributed by atoms with Crippen LogP contribution in [0.25, 0.3) is 0 Å². The number of hydrogen-bond acceptors (Lipinski definition) is 3. The van der Waals surface area contributed by atoms with Crippen molar-refractivity contribution in [2.24, 2.45) is 7.05 Å². The number of nitrogens with zero attached hydrogens (tertiary/aromatic N) is 3. The van der Waals surface area contributed by atoms with Gasteiger partial charge in [0, 0.05) is 7.05 Å². The summed E-state index contributed by atoms with van der Waals surface area (Å²) in [5, 5.41) is 10.9. The number of quaternary nitrogens is 1. The van der Waals surface area contributed by atoms with E-state index in [1.54, 1.807) is 18.5 Å². The van der Waals surface area contributed by atoms with Crippen LogP contribution in [0.2, 0.25) is 0 Å². The summed E-state index contributed by atoms with van der Waals surface area (Å²) in [4.78, 5) is 15.6. The molecule has 1 aromatic rings. The second kappa shape index (κ2) is 5.46. The van der Waals surface area contributed by atoms with E-state index in [-0.39, 0.29) is 5.82 Å². The second-order valence-corrected chi connectivity index (χ2v) is 3.88. The van der Waals surface area contributed by atoms with E-state index < -0.39 is 4.92 Å². The van der Waals surface area contributed by atoms with Crippen LogP contribution in [0.3, 0.4) is 0 Å². The van der Waals surface area contributed by atoms with Crippen LogP contribution in [0.15, 0.2) is 0 Å². The molecule has 0 radical (unpaired) electrons. The fraction of sp³-hybridized carbons (Fsp3) is 0.545. The van der Waals surface area contributed by atoms with Crippen molar-refractivity contribution in [2.45, 2.75) is 20.4 Å². The molecule has 92 valence electrons. The molecule has 1 aromatic heterocycles. The number of rotatable bonds is 4. The van der Waals surface area contributed by atoms with Gasteiger partial charge >= 0.3 is 5.82 Å². The fourth-order valence-corrected chi connectivity index (χ4v) is 1.50. The van der Waals surface area contributed by atoms with Crippen LogP contribution >= 0.6 is 0 Å². The third-order valence-corrected chi connectivity index (χ3v) is 2.68. The Hall–Kier alpha value is -1.87. The van der Waals surface area contributed by atoms with Crippen molar-refractivity contribution in [2.75, 3.05) is 13.6 Å². The van der Waals surface area contributed by atoms with E-state index in [1.165, 1.54) is 4.90 Å². The Labute approximate surface area is 100 Å². The van der Waals surface area contributed by atoms with Crippen LogP contribution < -0.4 is 4.90 Å². The monoisotopic (exact) mass is 237 g/mol. The minimum Gasteiger partial charge on any atom is -0.358 e. The zero-order valence-electron chi connectivity index (χ0n) is 10.6. The third kappa shape index (κ3) is 2.82. The second-order valence-electron chi connectivity index (χ2n) is 3.88. The fourth-order valence-electron chi connectivity index (χ4n) is 1.50. The predicted octanol–water partition coefficient (Wildman–Crippen LogP) is -0.266. The van der Waals surface area contributed by atoms with Crippen LogP contribution in [0.5, 0.6) is 0 Å². The van der Waals surface area contributed by atoms with Gasteiger partial charge in [-0.25, -0.2) is 0 Å². The quantitative estimate of drug-likeness (QED) is 0.445. The van der Waals surface area contributed by atoms with Crippen LogP contribution in [0.4, 0.5) is 5.82 Å². The molecule has 1 atom stereocenters. The van der Waals surface area contributed by atoms with Crippen molar-refractivity contribution < 1.29 is 9.82 Å². The Morgan fingerprint density at radius 3 is 2.71 bits per heavy atom. The van der Waals surface area contributed by atoms with E-state index in [4.69, 9.17) is 0 Å². The maximum absolute atomic E-state index is 10.9. The molecule has 0 bridgehead atoms. The number of hydrogen-bond donors (Lipinski definition) is 1. The molecule has 6 heteroatoms. The summed E-state index contributed by atoms with van der Waals surface area (Å²) in [6.45, 7) is 5.19. The maximum Gasteiger partial charge on any atom is 0.392 e. The first-order valence-electron chi connectivity index (χ1n) is 5.45. The van der Waals surface area contributed by atoms with E-state index in [0.717, 1.165) is 6.54 Å². The molecule has 0 aromatic carbocycles. The number of aromatic nitrogens is 2. The maximum atomic E-state index is 10.9. The van der Waals surface area contributed by atoms with Gasteiger partial charge in [-0.15, -0.1) is 0 Å². The normalized spacial score (nSPS) is 11.8. The zero-order chi connectivity index (χ0) is 13.0. The molecule has 0 aliphatic carbocycles. The molecule has 0 saturated heterocycles. The van der Waals surface area contributed by atoms with Crippen molar-refractivity contribution in [3.63, 3.8) is 0 Å². The summed E-state index contributed by atoms with van der Waals surface area (Å²) in [6.07, 6.45) is 0. The van der Waals surface area contributed by atoms with E-state index in [9.17, 15) is 10.1 Å². The third-order valence-electron chi connectivity index (χ3n) is 2.68. The molecule has 1 heterocycles. The molecule has 0 fully saturated rings. The highest BCUT2D eigenvalue weighted by atomic mass is 16.6. The first-order valence-corrected chi connectivity index (χ1v) is 5.45. The standard InChI is InChI=1S/C11H16N4O2/c1-5-7-10-12-11(15(16)17)9(14(10)4)8-13(3)6-2/h6,8H2,1-4H3/p+1. The first-order chi connectivity index (χ1) is 8.01. The topological polar surface area (TPSA) is 65.4 Å². The first kappa shape index (κ1) is 13.2. The van der Waals surface area contributed by atoms with Gasteiger partial charge in [-0.05, 0) is 29.7 Å². The van der Waals surface area contributed by atoms with Crippen LogP contribution in [0, 0.1) is 22.0 Å². The largest absolute Gasteiger partial charge is 0.392 e. The summed E-state index contributed by atoms with van der Waals surface area (Å²) in [5.74, 6) is 5.84. The molecule has 17 heavy (non-hydrogen) atoms. The van der Waals surface area contributed by atoms with Gasteiger partial charge in [0.25, 0.3) is 5.82 Å². The van der Waals surface area contributed by atoms with Gasteiger partial charge in [-0.3, -0.25) is 4.57 Å². The molecule has 0 spiro atoms. The predicted molar refractivity (Wildman–Crippen MR) is 63.5 cm³/mol. The van der Waals surface area contributed by atoms with E-state index in [1.807, 2.05) is 14.0 Å². The van der Waals surface area contributed by atoms with Gasteiger partial charge in [-0.1, -0.05) is 5.92 Å². The molecule has 0 aliphatic heterocycles. The molecular formula is C11H17N4O2+. The SMILES string of the molecule is CC#Cc1nc([N+](=O)[O-])c(C[NH+](C)CC)n1C. The van der Waals surface area contributed by atoms with Gasteiger partial charge in [0.15, 0.2) is 5.69 Å². The van der Waals surface area contributed by atoms with Crippen molar-refractivity contribution >= 4 is 5.82 Å². The lowest BCUT2D eigenvalue weighted by atomic mass is 10.4. The molecule has 0 aliphatic rings. The van der Waals surface area contributed by atoms with Crippen LogP contribution in [-0.4, -0.2) is 28.1 Å². The van der Waals surface area contributed by atoms with Crippen LogP contribution in [-0.2, 0) is 13.6 Å². The van der Waals surface area contributed by atoms with Crippen molar-refractivity contribution in [1.82, 2.24) is 9.55 Å². The Kier molecular flexibility index (Phi) is 4.24. The molecular weight excluding hydrogens is 220 g/mol. The van der Waals surface area contributed by atoms with E-state index in [0.29, 0.717) is 18.1 Å². The molecule has 1 rings (SSSR count). The summed E-state index contributed by atoms with van der Waals surface area (Å²) in [5.41, 5.74) is 0.618. The minimum absolute atomic E-state index is 0.0851. The smallest absolute Gasteiger partial charge is 0.358 e. The van der Waals surface area contributed by atoms with Crippen molar-refractivity contribution in [3.05, 3.63) is 21.6 Å². The van der Waals surface area contributed by atoms with Crippen molar-refractivity contribution in [3.8, 4) is 11.8 Å². The summed E-state index contributed by atoms with van der Waals surface area (Å²) in [6, 6.07) is 0. The summed E-state index contributed by atoms with van der Waals surface area (Å²) >= 11 is 0. The Morgan fingerprint density at radius 2 is 2.24 bits per heavy atom. The lowest BCUT2D eigenvalue weighted by molar-refractivity contribution is -0.892. The lowest BCUT2D eigenvalue weighted by Crippen LogP contribution is -3.07. The van der Waals surface area contributed by atoms with Crippen molar-refractivity contribution in [1.29, 1.82) is 0 Å². The van der Waals surface area contributed by atoms with Crippen LogP contribution in [0.1, 0.15) is 25.4 Å². The number of nitro groups is 1. The summed E-state index contributed by atoms with van der Waals surface area (Å²) < 4.78 is 1.70. The van der Waals surface area contributed by atoms with E-state index in [2.05, 4.69) is 16.8 Å². The molecule has 1 N–H and O–H groups in total. The molecule has 1 unspecified atom stereocenters. The summed E-state index contributed by atoms with van der Waals surface area (Å²) in [7, 11) is 3.75. The average Bonchev–Trinajstić information content (AvgIpc) is 2.58. The Balaban J connectivity index is 3.23. The molecule has 0 amide bonds. The Bertz CT molecular complexity index is 482. The zero-order valence-corrected chi connectivity index (χ0v) is 10.6. The van der Waals surface area contributed by atoms with Gasteiger partial charge in [0.2, 0.25) is 0 Å². The lowest BCUT2D eigenvalue weighted by Gasteiger charge is -2.10. The van der Waals surface area contributed by atoms with E-state index >= 15 is 0 Å². The highest BCUT2D eigenvalue weighted by Crippen LogP contribution is 2.17. The highest BCUT2D eigenvalue weighted by molar-refractivity contribution is 5.35. The number of imidazole rings is 1. The molecule has 6 nitrogen and oxygen atoms in total. The van der Waals surface area contributed by atoms with Gasteiger partial charge in [-0.2, -0.15) is 0 Å². The highest BCUT2D eigenvalue weighted by Gasteiger charge is 2.26. The number of nitrogens with one attached hydrogen (secondary N) is 1. The Morgan fingerprint density at radius 1 is 1.59 bits per heavy atom. The average molecular weight is 237 g/mol. The molecule has 0 saturated carbocycles. The minimum atomic E-state index is -0.445. The van der Waals surface area contributed by atoms with Gasteiger partial charge in [0.1, 0.15) is 6.54 Å². The van der Waals surface area contributed by atoms with Gasteiger partial charge < -0.3 is 15.0 Å². The van der Waals surface area contributed by atoms with Gasteiger partial charge in [0.05, 0.1) is 13.6 Å².